The smallest absolute Gasteiger partial charge is 0.266 e. The van der Waals surface area contributed by atoms with Crippen molar-refractivity contribution in [2.45, 2.75) is 18.2 Å². The zero-order valence-corrected chi connectivity index (χ0v) is 16.8. The lowest BCUT2D eigenvalue weighted by Gasteiger charge is -2.41. The summed E-state index contributed by atoms with van der Waals surface area (Å²) in [7, 11) is 0. The molecule has 1 fully saturated rings. The van der Waals surface area contributed by atoms with Gasteiger partial charge in [-0.1, -0.05) is 12.2 Å². The first kappa shape index (κ1) is 18.3. The molecule has 0 bridgehead atoms. The van der Waals surface area contributed by atoms with Gasteiger partial charge < -0.3 is 4.90 Å². The molecule has 1 N–H and O–H groups in total. The molecule has 0 radical (unpaired) electrons. The Morgan fingerprint density at radius 2 is 2.24 bits per heavy atom. The maximum absolute atomic E-state index is 13.0. The number of hydrogen-bond acceptors (Lipinski definition) is 7. The zero-order chi connectivity index (χ0) is 20.0. The lowest BCUT2D eigenvalue weighted by molar-refractivity contribution is -0.0795. The number of carbonyl (C=O) groups excluding carboxylic acids is 1. The highest BCUT2D eigenvalue weighted by molar-refractivity contribution is 7.12. The number of carbonyl (C=O) groups is 1. The SMILES string of the molecule is C=CCN(CC=C)CC1(c2ncn3c2[C@@H]2CCN2C(=O)c2sccc2-3)N=CNO1. The third kappa shape index (κ3) is 2.69. The van der Waals surface area contributed by atoms with E-state index >= 15 is 0 Å². The van der Waals surface area contributed by atoms with Gasteiger partial charge in [0.15, 0.2) is 0 Å². The van der Waals surface area contributed by atoms with Gasteiger partial charge in [-0.15, -0.1) is 24.5 Å². The highest BCUT2D eigenvalue weighted by Crippen LogP contribution is 2.45. The van der Waals surface area contributed by atoms with E-state index in [4.69, 9.17) is 9.82 Å². The summed E-state index contributed by atoms with van der Waals surface area (Å²) in [5.41, 5.74) is 4.36. The third-order valence-corrected chi connectivity index (χ3v) is 6.53. The summed E-state index contributed by atoms with van der Waals surface area (Å²) in [6.07, 6.45) is 7.94. The average Bonchev–Trinajstić information content (AvgIpc) is 3.39. The van der Waals surface area contributed by atoms with Crippen molar-refractivity contribution in [3.63, 3.8) is 0 Å². The second kappa shape index (κ2) is 6.94. The van der Waals surface area contributed by atoms with Crippen LogP contribution < -0.4 is 5.48 Å². The molecule has 29 heavy (non-hydrogen) atoms. The van der Waals surface area contributed by atoms with Crippen molar-refractivity contribution in [3.05, 3.63) is 59.3 Å². The minimum absolute atomic E-state index is 0.0249. The molecule has 0 aromatic carbocycles. The third-order valence-electron chi connectivity index (χ3n) is 5.63. The van der Waals surface area contributed by atoms with E-state index in [0.717, 1.165) is 34.9 Å². The van der Waals surface area contributed by atoms with Crippen LogP contribution in [0.5, 0.6) is 0 Å². The Morgan fingerprint density at radius 3 is 2.90 bits per heavy atom. The summed E-state index contributed by atoms with van der Waals surface area (Å²) in [5, 5.41) is 1.95. The molecule has 9 heteroatoms. The number of amides is 1. The predicted molar refractivity (Wildman–Crippen MR) is 111 cm³/mol. The molecule has 2 aromatic rings. The van der Waals surface area contributed by atoms with Crippen molar-refractivity contribution >= 4 is 23.6 Å². The van der Waals surface area contributed by atoms with Gasteiger partial charge in [0, 0.05) is 19.6 Å². The van der Waals surface area contributed by atoms with Gasteiger partial charge in [0.05, 0.1) is 24.0 Å². The number of hydrogen-bond donors (Lipinski definition) is 1. The summed E-state index contributed by atoms with van der Waals surface area (Å²) < 4.78 is 2.03. The van der Waals surface area contributed by atoms with Crippen molar-refractivity contribution in [2.24, 2.45) is 4.99 Å². The summed E-state index contributed by atoms with van der Waals surface area (Å²) in [4.78, 5) is 33.2. The lowest BCUT2D eigenvalue weighted by atomic mass is 9.94. The summed E-state index contributed by atoms with van der Waals surface area (Å²) in [6.45, 7) is 10.3. The number of hydroxylamine groups is 1. The van der Waals surface area contributed by atoms with Crippen LogP contribution in [0.3, 0.4) is 0 Å². The number of thiophene rings is 1. The van der Waals surface area contributed by atoms with Crippen LogP contribution in [0.25, 0.3) is 5.69 Å². The molecule has 2 aromatic heterocycles. The van der Waals surface area contributed by atoms with Gasteiger partial charge >= 0.3 is 0 Å². The van der Waals surface area contributed by atoms with E-state index in [1.807, 2.05) is 33.1 Å². The first-order valence-corrected chi connectivity index (χ1v) is 10.4. The van der Waals surface area contributed by atoms with E-state index in [-0.39, 0.29) is 11.9 Å². The molecule has 0 saturated carbocycles. The van der Waals surface area contributed by atoms with E-state index in [1.54, 1.807) is 12.7 Å². The van der Waals surface area contributed by atoms with Crippen LogP contribution in [0.4, 0.5) is 0 Å². The minimum atomic E-state index is -1.00. The second-order valence-corrected chi connectivity index (χ2v) is 8.24. The van der Waals surface area contributed by atoms with Crippen LogP contribution in [0, 0.1) is 0 Å². The molecule has 5 heterocycles. The Bertz CT molecular complexity index is 1000. The topological polar surface area (TPSA) is 75.0 Å². The number of nitrogens with one attached hydrogen (secondary N) is 1. The predicted octanol–water partition coefficient (Wildman–Crippen LogP) is 2.22. The van der Waals surface area contributed by atoms with Gasteiger partial charge in [-0.2, -0.15) is 0 Å². The highest BCUT2D eigenvalue weighted by atomic mass is 32.1. The fourth-order valence-corrected chi connectivity index (χ4v) is 5.11. The largest absolute Gasteiger partial charge is 0.329 e. The van der Waals surface area contributed by atoms with Gasteiger partial charge in [-0.3, -0.25) is 19.7 Å². The van der Waals surface area contributed by atoms with Gasteiger partial charge in [0.2, 0.25) is 5.72 Å². The van der Waals surface area contributed by atoms with Crippen LogP contribution in [0.1, 0.15) is 33.5 Å². The van der Waals surface area contributed by atoms with Crippen LogP contribution in [0.2, 0.25) is 0 Å². The number of rotatable bonds is 7. The number of aromatic nitrogens is 2. The van der Waals surface area contributed by atoms with Crippen molar-refractivity contribution in [3.8, 4) is 5.69 Å². The van der Waals surface area contributed by atoms with Crippen LogP contribution in [-0.2, 0) is 10.6 Å². The summed E-state index contributed by atoms with van der Waals surface area (Å²) >= 11 is 1.47. The van der Waals surface area contributed by atoms with Gasteiger partial charge in [-0.25, -0.2) is 14.8 Å². The molecule has 1 saturated heterocycles. The molecule has 0 aliphatic carbocycles. The molecule has 8 nitrogen and oxygen atoms in total. The normalized spacial score (nSPS) is 24.4. The Hall–Kier alpha value is -2.75. The van der Waals surface area contributed by atoms with Gasteiger partial charge in [0.25, 0.3) is 5.91 Å². The summed E-state index contributed by atoms with van der Waals surface area (Å²) in [6, 6.07) is 1.95. The molecule has 150 valence electrons. The summed E-state index contributed by atoms with van der Waals surface area (Å²) in [5.74, 6) is 0.0869. The maximum atomic E-state index is 13.0. The van der Waals surface area contributed by atoms with Crippen LogP contribution >= 0.6 is 11.3 Å². The number of imidazole rings is 1. The molecule has 2 atom stereocenters. The Balaban J connectivity index is 1.63. The molecule has 5 rings (SSSR count). The number of aliphatic imine (C=N–C) groups is 1. The monoisotopic (exact) mass is 410 g/mol. The van der Waals surface area contributed by atoms with E-state index in [1.165, 1.54) is 11.3 Å². The van der Waals surface area contributed by atoms with E-state index in [0.29, 0.717) is 19.6 Å². The van der Waals surface area contributed by atoms with E-state index < -0.39 is 5.72 Å². The van der Waals surface area contributed by atoms with E-state index in [9.17, 15) is 4.79 Å². The van der Waals surface area contributed by atoms with Crippen molar-refractivity contribution in [2.75, 3.05) is 26.2 Å². The van der Waals surface area contributed by atoms with Gasteiger partial charge in [0.1, 0.15) is 23.2 Å². The second-order valence-electron chi connectivity index (χ2n) is 7.32. The first-order chi connectivity index (χ1) is 14.2. The molecule has 3 aliphatic heterocycles. The number of fused-ring (bicyclic) bond motifs is 5. The molecular formula is C20H22N6O2S. The quantitative estimate of drug-likeness (QED) is 0.709. The van der Waals surface area contributed by atoms with Crippen LogP contribution in [0.15, 0.2) is 48.1 Å². The molecule has 3 aliphatic rings. The standard InChI is InChI=1S/C20H22N6O2S/c1-3-7-24(8-4-2)11-20(22-12-23-28-20)18-16-14-5-9-25(14)19(27)17-15(6-10-29-17)26(16)13-21-18/h3-4,6,10,12-14H,1-2,5,7-9,11H2,(H,22,23)/t14-,20?/m0/s1. The van der Waals surface area contributed by atoms with Crippen LogP contribution in [-0.4, -0.2) is 57.8 Å². The molecule has 0 spiro atoms. The molecule has 1 amide bonds. The van der Waals surface area contributed by atoms with Gasteiger partial charge in [-0.05, 0) is 17.9 Å². The van der Waals surface area contributed by atoms with Crippen molar-refractivity contribution in [1.82, 2.24) is 24.8 Å². The average molecular weight is 411 g/mol. The Kier molecular flexibility index (Phi) is 4.38. The maximum Gasteiger partial charge on any atom is 0.266 e. The Labute approximate surface area is 172 Å². The van der Waals surface area contributed by atoms with Crippen molar-refractivity contribution < 1.29 is 9.63 Å². The molecular weight excluding hydrogens is 388 g/mol. The minimum Gasteiger partial charge on any atom is -0.329 e. The highest BCUT2D eigenvalue weighted by Gasteiger charge is 2.49. The first-order valence-electron chi connectivity index (χ1n) is 9.56. The molecule has 1 unspecified atom stereocenters. The van der Waals surface area contributed by atoms with Crippen molar-refractivity contribution in [1.29, 1.82) is 0 Å². The fourth-order valence-electron chi connectivity index (χ4n) is 4.28. The fraction of sp³-hybridized carbons (Fsp3) is 0.350. The number of nitrogens with zero attached hydrogens (tertiary/aromatic N) is 5. The van der Waals surface area contributed by atoms with E-state index in [2.05, 4.69) is 28.5 Å². The lowest BCUT2D eigenvalue weighted by Crippen LogP contribution is -2.47. The Morgan fingerprint density at radius 1 is 1.41 bits per heavy atom. The zero-order valence-electron chi connectivity index (χ0n) is 16.0.